The molecule has 0 unspecified atom stereocenters. The fourth-order valence-corrected chi connectivity index (χ4v) is 3.72. The van der Waals surface area contributed by atoms with Crippen molar-refractivity contribution in [1.82, 2.24) is 0 Å². The van der Waals surface area contributed by atoms with E-state index in [1.165, 1.54) is 67.2 Å². The Morgan fingerprint density at radius 3 is 2.24 bits per heavy atom. The summed E-state index contributed by atoms with van der Waals surface area (Å²) in [7, 11) is 0. The summed E-state index contributed by atoms with van der Waals surface area (Å²) >= 11 is 0. The third kappa shape index (κ3) is 2.39. The van der Waals surface area contributed by atoms with E-state index in [0.29, 0.717) is 0 Å². The van der Waals surface area contributed by atoms with Crippen LogP contribution >= 0.6 is 0 Å². The van der Waals surface area contributed by atoms with Gasteiger partial charge in [0.2, 0.25) is 0 Å². The summed E-state index contributed by atoms with van der Waals surface area (Å²) in [6, 6.07) is 11.2. The van der Waals surface area contributed by atoms with Crippen LogP contribution in [0.15, 0.2) is 30.3 Å². The molecule has 0 saturated carbocycles. The number of nitrogen functional groups attached to an aromatic ring is 1. The van der Waals surface area contributed by atoms with Crippen molar-refractivity contribution in [1.29, 1.82) is 0 Å². The van der Waals surface area contributed by atoms with E-state index in [4.69, 9.17) is 5.73 Å². The molecule has 0 heterocycles. The molecule has 108 valence electrons. The number of nitrogens with one attached hydrogen (secondary N) is 1. The van der Waals surface area contributed by atoms with Crippen LogP contribution < -0.4 is 11.1 Å². The van der Waals surface area contributed by atoms with Crippen LogP contribution in [0.5, 0.6) is 0 Å². The normalized spacial score (nSPS) is 16.4. The van der Waals surface area contributed by atoms with Gasteiger partial charge in [-0.05, 0) is 91.5 Å². The number of aryl methyl sites for hydroxylation is 4. The van der Waals surface area contributed by atoms with Crippen molar-refractivity contribution in [3.05, 3.63) is 52.6 Å². The highest BCUT2D eigenvalue weighted by atomic mass is 14.9. The van der Waals surface area contributed by atoms with Gasteiger partial charge in [-0.25, -0.2) is 0 Å². The number of fused-ring (bicyclic) bond motifs is 2. The van der Waals surface area contributed by atoms with Crippen LogP contribution in [0.25, 0.3) is 0 Å². The van der Waals surface area contributed by atoms with Crippen molar-refractivity contribution in [2.45, 2.75) is 44.9 Å². The van der Waals surface area contributed by atoms with E-state index in [9.17, 15) is 0 Å². The summed E-state index contributed by atoms with van der Waals surface area (Å²) < 4.78 is 0. The fraction of sp³-hybridized carbons (Fsp3) is 0.368. The molecular weight excluding hydrogens is 256 g/mol. The van der Waals surface area contributed by atoms with Crippen molar-refractivity contribution in [3.8, 4) is 0 Å². The number of nitrogens with two attached hydrogens (primary N) is 1. The Hall–Kier alpha value is -1.96. The molecule has 0 amide bonds. The van der Waals surface area contributed by atoms with Gasteiger partial charge in [0.15, 0.2) is 0 Å². The minimum absolute atomic E-state index is 0.871. The maximum absolute atomic E-state index is 6.24. The molecule has 0 aliphatic heterocycles. The van der Waals surface area contributed by atoms with Gasteiger partial charge in [-0.15, -0.1) is 0 Å². The summed E-state index contributed by atoms with van der Waals surface area (Å²) in [5.41, 5.74) is 15.3. The first-order chi connectivity index (χ1) is 10.3. The van der Waals surface area contributed by atoms with Gasteiger partial charge in [-0.1, -0.05) is 6.07 Å². The lowest BCUT2D eigenvalue weighted by molar-refractivity contribution is 0.686. The molecule has 0 fully saturated rings. The molecule has 2 heteroatoms. The van der Waals surface area contributed by atoms with Crippen LogP contribution in [-0.2, 0) is 25.7 Å². The first kappa shape index (κ1) is 12.8. The number of rotatable bonds is 2. The third-order valence-corrected chi connectivity index (χ3v) is 4.89. The third-order valence-electron chi connectivity index (χ3n) is 4.89. The lowest BCUT2D eigenvalue weighted by Gasteiger charge is -2.19. The van der Waals surface area contributed by atoms with Gasteiger partial charge in [0.25, 0.3) is 0 Å². The first-order valence-corrected chi connectivity index (χ1v) is 8.10. The molecule has 4 rings (SSSR count). The molecule has 0 aromatic heterocycles. The number of anilines is 3. The standard InChI is InChI=1S/C19H22N2/c20-18-11-15-4-1-2-5-16(15)12-19(18)21-17-9-8-13-6-3-7-14(13)10-17/h8-12,21H,1-7,20H2. The zero-order valence-electron chi connectivity index (χ0n) is 12.4. The Labute approximate surface area is 126 Å². The predicted octanol–water partition coefficient (Wildman–Crippen LogP) is 4.38. The molecular formula is C19H22N2. The van der Waals surface area contributed by atoms with E-state index in [1.54, 1.807) is 0 Å². The smallest absolute Gasteiger partial charge is 0.0620 e. The molecule has 0 bridgehead atoms. The van der Waals surface area contributed by atoms with Gasteiger partial charge in [0.1, 0.15) is 0 Å². The second kappa shape index (κ2) is 5.10. The van der Waals surface area contributed by atoms with Crippen LogP contribution in [-0.4, -0.2) is 0 Å². The Morgan fingerprint density at radius 1 is 0.714 bits per heavy atom. The minimum Gasteiger partial charge on any atom is -0.397 e. The Kier molecular flexibility index (Phi) is 3.10. The molecule has 0 spiro atoms. The molecule has 2 aromatic carbocycles. The van der Waals surface area contributed by atoms with Gasteiger partial charge in [-0.3, -0.25) is 0 Å². The summed E-state index contributed by atoms with van der Waals surface area (Å²) in [6.45, 7) is 0. The molecule has 0 atom stereocenters. The quantitative estimate of drug-likeness (QED) is 0.800. The van der Waals surface area contributed by atoms with Crippen molar-refractivity contribution >= 4 is 17.1 Å². The molecule has 2 aromatic rings. The number of benzene rings is 2. The van der Waals surface area contributed by atoms with Crippen LogP contribution in [0.3, 0.4) is 0 Å². The molecule has 3 N–H and O–H groups in total. The van der Waals surface area contributed by atoms with Crippen molar-refractivity contribution in [3.63, 3.8) is 0 Å². The van der Waals surface area contributed by atoms with Crippen LogP contribution in [0.4, 0.5) is 17.1 Å². The highest BCUT2D eigenvalue weighted by Gasteiger charge is 2.14. The van der Waals surface area contributed by atoms with Crippen LogP contribution in [0, 0.1) is 0 Å². The van der Waals surface area contributed by atoms with E-state index >= 15 is 0 Å². The summed E-state index contributed by atoms with van der Waals surface area (Å²) in [5.74, 6) is 0. The maximum Gasteiger partial charge on any atom is 0.0620 e. The molecule has 0 saturated heterocycles. The van der Waals surface area contributed by atoms with Gasteiger partial charge in [0, 0.05) is 5.69 Å². The first-order valence-electron chi connectivity index (χ1n) is 8.10. The van der Waals surface area contributed by atoms with E-state index < -0.39 is 0 Å². The van der Waals surface area contributed by atoms with Gasteiger partial charge in [-0.2, -0.15) is 0 Å². The van der Waals surface area contributed by atoms with Crippen LogP contribution in [0.1, 0.15) is 41.5 Å². The van der Waals surface area contributed by atoms with Crippen molar-refractivity contribution < 1.29 is 0 Å². The van der Waals surface area contributed by atoms with Gasteiger partial charge < -0.3 is 11.1 Å². The Balaban J connectivity index is 1.65. The zero-order chi connectivity index (χ0) is 14.2. The predicted molar refractivity (Wildman–Crippen MR) is 89.2 cm³/mol. The highest BCUT2D eigenvalue weighted by Crippen LogP contribution is 2.32. The van der Waals surface area contributed by atoms with E-state index in [2.05, 4.69) is 35.6 Å². The van der Waals surface area contributed by atoms with Gasteiger partial charge >= 0.3 is 0 Å². The summed E-state index contributed by atoms with van der Waals surface area (Å²) in [6.07, 6.45) is 8.70. The second-order valence-corrected chi connectivity index (χ2v) is 6.38. The minimum atomic E-state index is 0.871. The SMILES string of the molecule is Nc1cc2c(cc1Nc1ccc3c(c1)CCC3)CCCC2. The highest BCUT2D eigenvalue weighted by molar-refractivity contribution is 5.75. The fourth-order valence-electron chi connectivity index (χ4n) is 3.72. The molecule has 21 heavy (non-hydrogen) atoms. The number of hydrogen-bond donors (Lipinski definition) is 2. The van der Waals surface area contributed by atoms with Crippen molar-refractivity contribution in [2.75, 3.05) is 11.1 Å². The Bertz CT molecular complexity index is 688. The summed E-state index contributed by atoms with van der Waals surface area (Å²) in [5, 5.41) is 3.53. The zero-order valence-corrected chi connectivity index (χ0v) is 12.4. The van der Waals surface area contributed by atoms with Gasteiger partial charge in [0.05, 0.1) is 11.4 Å². The second-order valence-electron chi connectivity index (χ2n) is 6.38. The topological polar surface area (TPSA) is 38.0 Å². The molecule has 0 radical (unpaired) electrons. The van der Waals surface area contributed by atoms with E-state index in [1.807, 2.05) is 0 Å². The van der Waals surface area contributed by atoms with Crippen LogP contribution in [0.2, 0.25) is 0 Å². The maximum atomic E-state index is 6.24. The lowest BCUT2D eigenvalue weighted by atomic mass is 9.91. The molecule has 2 aliphatic rings. The monoisotopic (exact) mass is 278 g/mol. The van der Waals surface area contributed by atoms with Crippen molar-refractivity contribution in [2.24, 2.45) is 0 Å². The molecule has 2 aliphatic carbocycles. The van der Waals surface area contributed by atoms with E-state index in [-0.39, 0.29) is 0 Å². The average Bonchev–Trinajstić information content (AvgIpc) is 2.95. The Morgan fingerprint density at radius 2 is 1.38 bits per heavy atom. The number of hydrogen-bond acceptors (Lipinski definition) is 2. The van der Waals surface area contributed by atoms with E-state index in [0.717, 1.165) is 17.1 Å². The summed E-state index contributed by atoms with van der Waals surface area (Å²) in [4.78, 5) is 0. The largest absolute Gasteiger partial charge is 0.397 e. The lowest BCUT2D eigenvalue weighted by Crippen LogP contribution is -2.06. The average molecular weight is 278 g/mol. The molecule has 2 nitrogen and oxygen atoms in total.